The van der Waals surface area contributed by atoms with Crippen molar-refractivity contribution in [2.45, 2.75) is 18.2 Å². The molecule has 19 heavy (non-hydrogen) atoms. The molecule has 1 aromatic heterocycles. The number of nitrogens with one attached hydrogen (secondary N) is 1. The SMILES string of the molecule is Cc1ccc(Nc2nnc(SCC(=O)O)s2)c(C)c1. The third kappa shape index (κ3) is 3.93. The lowest BCUT2D eigenvalue weighted by molar-refractivity contribution is -0.133. The van der Waals surface area contributed by atoms with Crippen molar-refractivity contribution < 1.29 is 9.90 Å². The Morgan fingerprint density at radius 1 is 1.42 bits per heavy atom. The molecule has 2 rings (SSSR count). The second-order valence-electron chi connectivity index (χ2n) is 4.00. The van der Waals surface area contributed by atoms with Crippen molar-refractivity contribution in [3.63, 3.8) is 0 Å². The Labute approximate surface area is 119 Å². The number of benzene rings is 1. The molecule has 0 fully saturated rings. The smallest absolute Gasteiger partial charge is 0.313 e. The van der Waals surface area contributed by atoms with Crippen molar-refractivity contribution in [2.24, 2.45) is 0 Å². The summed E-state index contributed by atoms with van der Waals surface area (Å²) in [5.41, 5.74) is 3.32. The minimum atomic E-state index is -0.857. The molecule has 0 bridgehead atoms. The normalized spacial score (nSPS) is 10.4. The number of aromatic nitrogens is 2. The third-order valence-corrected chi connectivity index (χ3v) is 4.31. The fourth-order valence-corrected chi connectivity index (χ4v) is 3.00. The van der Waals surface area contributed by atoms with Crippen LogP contribution < -0.4 is 5.32 Å². The zero-order chi connectivity index (χ0) is 13.8. The number of hydrogen-bond acceptors (Lipinski definition) is 6. The highest BCUT2D eigenvalue weighted by Gasteiger charge is 2.08. The van der Waals surface area contributed by atoms with Gasteiger partial charge in [0.05, 0.1) is 5.75 Å². The van der Waals surface area contributed by atoms with Gasteiger partial charge < -0.3 is 10.4 Å². The van der Waals surface area contributed by atoms with Gasteiger partial charge in [-0.05, 0) is 25.5 Å². The Kier molecular flexibility index (Phi) is 4.39. The van der Waals surface area contributed by atoms with Crippen LogP contribution in [0.2, 0.25) is 0 Å². The maximum Gasteiger partial charge on any atom is 0.313 e. The molecule has 0 spiro atoms. The molecule has 0 aliphatic rings. The van der Waals surface area contributed by atoms with Crippen molar-refractivity contribution in [1.29, 1.82) is 0 Å². The van der Waals surface area contributed by atoms with Crippen LogP contribution in [-0.4, -0.2) is 27.0 Å². The van der Waals surface area contributed by atoms with Crippen LogP contribution in [-0.2, 0) is 4.79 Å². The summed E-state index contributed by atoms with van der Waals surface area (Å²) in [5, 5.41) is 20.4. The van der Waals surface area contributed by atoms with Crippen LogP contribution in [0.1, 0.15) is 11.1 Å². The minimum Gasteiger partial charge on any atom is -0.481 e. The number of carboxylic acid groups (broad SMARTS) is 1. The second kappa shape index (κ2) is 6.03. The summed E-state index contributed by atoms with van der Waals surface area (Å²) >= 11 is 2.52. The lowest BCUT2D eigenvalue weighted by atomic mass is 10.1. The maximum atomic E-state index is 10.5. The highest BCUT2D eigenvalue weighted by Crippen LogP contribution is 2.28. The summed E-state index contributed by atoms with van der Waals surface area (Å²) in [5.74, 6) is -0.859. The van der Waals surface area contributed by atoms with Gasteiger partial charge in [0, 0.05) is 5.69 Å². The highest BCUT2D eigenvalue weighted by molar-refractivity contribution is 8.01. The maximum absolute atomic E-state index is 10.5. The summed E-state index contributed by atoms with van der Waals surface area (Å²) in [4.78, 5) is 10.5. The van der Waals surface area contributed by atoms with Crippen molar-refractivity contribution in [3.05, 3.63) is 29.3 Å². The largest absolute Gasteiger partial charge is 0.481 e. The Morgan fingerprint density at radius 2 is 2.21 bits per heavy atom. The summed E-state index contributed by atoms with van der Waals surface area (Å²) in [7, 11) is 0. The summed E-state index contributed by atoms with van der Waals surface area (Å²) in [6, 6.07) is 6.11. The van der Waals surface area contributed by atoms with E-state index in [1.54, 1.807) is 0 Å². The number of anilines is 2. The second-order valence-corrected chi connectivity index (χ2v) is 6.20. The van der Waals surface area contributed by atoms with Crippen LogP contribution in [0.15, 0.2) is 22.5 Å². The van der Waals surface area contributed by atoms with E-state index in [2.05, 4.69) is 21.6 Å². The molecular formula is C12H13N3O2S2. The predicted molar refractivity (Wildman–Crippen MR) is 77.5 cm³/mol. The molecule has 0 saturated carbocycles. The molecule has 0 unspecified atom stereocenters. The molecule has 2 N–H and O–H groups in total. The first-order chi connectivity index (χ1) is 9.04. The number of rotatable bonds is 5. The molecule has 5 nitrogen and oxygen atoms in total. The van der Waals surface area contributed by atoms with E-state index in [4.69, 9.17) is 5.11 Å². The van der Waals surface area contributed by atoms with Crippen molar-refractivity contribution >= 4 is 39.9 Å². The average molecular weight is 295 g/mol. The lowest BCUT2D eigenvalue weighted by Gasteiger charge is -2.06. The van der Waals surface area contributed by atoms with Gasteiger partial charge >= 0.3 is 5.97 Å². The summed E-state index contributed by atoms with van der Waals surface area (Å²) in [6.45, 7) is 4.07. The number of carboxylic acids is 1. The quantitative estimate of drug-likeness (QED) is 0.826. The van der Waals surface area contributed by atoms with E-state index >= 15 is 0 Å². The Morgan fingerprint density at radius 3 is 2.89 bits per heavy atom. The fourth-order valence-electron chi connectivity index (χ4n) is 1.51. The van der Waals surface area contributed by atoms with Crippen LogP contribution >= 0.6 is 23.1 Å². The van der Waals surface area contributed by atoms with Crippen LogP contribution in [0.25, 0.3) is 0 Å². The molecule has 0 aliphatic carbocycles. The van der Waals surface area contributed by atoms with Crippen molar-refractivity contribution in [2.75, 3.05) is 11.1 Å². The van der Waals surface area contributed by atoms with E-state index in [1.165, 1.54) is 28.7 Å². The van der Waals surface area contributed by atoms with Gasteiger partial charge in [0.1, 0.15) is 0 Å². The fraction of sp³-hybridized carbons (Fsp3) is 0.250. The van der Waals surface area contributed by atoms with E-state index in [9.17, 15) is 4.79 Å². The molecule has 0 atom stereocenters. The minimum absolute atomic E-state index is 0.00179. The Bertz CT molecular complexity index is 598. The van der Waals surface area contributed by atoms with Gasteiger partial charge in [-0.15, -0.1) is 10.2 Å². The van der Waals surface area contributed by atoms with E-state index in [1.807, 2.05) is 26.0 Å². The highest BCUT2D eigenvalue weighted by atomic mass is 32.2. The van der Waals surface area contributed by atoms with Crippen LogP contribution in [0.5, 0.6) is 0 Å². The molecule has 1 heterocycles. The number of aryl methyl sites for hydroxylation is 2. The van der Waals surface area contributed by atoms with Gasteiger partial charge in [0.15, 0.2) is 4.34 Å². The molecule has 0 saturated heterocycles. The van der Waals surface area contributed by atoms with E-state index in [0.29, 0.717) is 9.47 Å². The van der Waals surface area contributed by atoms with Crippen LogP contribution in [0.4, 0.5) is 10.8 Å². The average Bonchev–Trinajstić information content (AvgIpc) is 2.78. The Balaban J connectivity index is 2.05. The zero-order valence-corrected chi connectivity index (χ0v) is 12.1. The van der Waals surface area contributed by atoms with E-state index < -0.39 is 5.97 Å². The monoisotopic (exact) mass is 295 g/mol. The first-order valence-electron chi connectivity index (χ1n) is 5.57. The Hall–Kier alpha value is -1.60. The predicted octanol–water partition coefficient (Wildman–Crippen LogP) is 3.08. The summed E-state index contributed by atoms with van der Waals surface area (Å²) < 4.78 is 0.648. The van der Waals surface area contributed by atoms with Crippen LogP contribution in [0, 0.1) is 13.8 Å². The standard InChI is InChI=1S/C12H13N3O2S2/c1-7-3-4-9(8(2)5-7)13-11-14-15-12(19-11)18-6-10(16)17/h3-5H,6H2,1-2H3,(H,13,14)(H,16,17). The molecule has 0 aliphatic heterocycles. The van der Waals surface area contributed by atoms with Gasteiger partial charge in [-0.2, -0.15) is 0 Å². The first kappa shape index (κ1) is 13.8. The van der Waals surface area contributed by atoms with Crippen molar-refractivity contribution in [3.8, 4) is 0 Å². The summed E-state index contributed by atoms with van der Waals surface area (Å²) in [6.07, 6.45) is 0. The van der Waals surface area contributed by atoms with Gasteiger partial charge in [0.2, 0.25) is 5.13 Å². The van der Waals surface area contributed by atoms with E-state index in [0.717, 1.165) is 11.3 Å². The topological polar surface area (TPSA) is 75.1 Å². The molecule has 0 amide bonds. The molecule has 7 heteroatoms. The van der Waals surface area contributed by atoms with Crippen LogP contribution in [0.3, 0.4) is 0 Å². The molecule has 1 aromatic carbocycles. The molecular weight excluding hydrogens is 282 g/mol. The van der Waals surface area contributed by atoms with Gasteiger partial charge in [-0.25, -0.2) is 0 Å². The number of carbonyl (C=O) groups is 1. The third-order valence-electron chi connectivity index (χ3n) is 2.35. The number of aliphatic carboxylic acids is 1. The lowest BCUT2D eigenvalue weighted by Crippen LogP contribution is -1.96. The molecule has 100 valence electrons. The first-order valence-corrected chi connectivity index (χ1v) is 7.37. The number of thioether (sulfide) groups is 1. The zero-order valence-electron chi connectivity index (χ0n) is 10.5. The van der Waals surface area contributed by atoms with Crippen molar-refractivity contribution in [1.82, 2.24) is 10.2 Å². The number of hydrogen-bond donors (Lipinski definition) is 2. The van der Waals surface area contributed by atoms with Gasteiger partial charge in [0.25, 0.3) is 0 Å². The number of nitrogens with zero attached hydrogens (tertiary/aromatic N) is 2. The molecule has 0 radical (unpaired) electrons. The molecule has 2 aromatic rings. The van der Waals surface area contributed by atoms with Gasteiger partial charge in [-0.1, -0.05) is 40.8 Å². The van der Waals surface area contributed by atoms with Gasteiger partial charge in [-0.3, -0.25) is 4.79 Å². The van der Waals surface area contributed by atoms with E-state index in [-0.39, 0.29) is 5.75 Å².